The molecule has 1 amide bonds. The number of aryl methyl sites for hydroxylation is 1. The van der Waals surface area contributed by atoms with Gasteiger partial charge in [-0.25, -0.2) is 0 Å². The molecule has 1 aromatic carbocycles. The molecule has 0 unspecified atom stereocenters. The van der Waals surface area contributed by atoms with Crippen LogP contribution in [0.4, 0.5) is 0 Å². The number of hydrogen-bond donors (Lipinski definition) is 0. The number of carbonyl (C=O) groups excluding carboxylic acids is 1. The molecule has 0 saturated carbocycles. The second kappa shape index (κ2) is 4.76. The SMILES string of the molecule is Cc1cccc2cc(C(=O)N3C[C@H]4CC=CC[C@H]4C3)oc12. The highest BCUT2D eigenvalue weighted by Gasteiger charge is 2.36. The van der Waals surface area contributed by atoms with Crippen molar-refractivity contribution in [2.45, 2.75) is 19.8 Å². The predicted molar refractivity (Wildman–Crippen MR) is 82.2 cm³/mol. The van der Waals surface area contributed by atoms with E-state index in [1.54, 1.807) is 0 Å². The van der Waals surface area contributed by atoms with E-state index in [1.165, 1.54) is 0 Å². The fourth-order valence-electron chi connectivity index (χ4n) is 3.65. The van der Waals surface area contributed by atoms with Crippen LogP contribution in [0.5, 0.6) is 0 Å². The average Bonchev–Trinajstić information content (AvgIpc) is 3.11. The van der Waals surface area contributed by atoms with Crippen molar-refractivity contribution in [2.75, 3.05) is 13.1 Å². The number of fused-ring (bicyclic) bond motifs is 2. The second-order valence-corrected chi connectivity index (χ2v) is 6.28. The number of allylic oxidation sites excluding steroid dienone is 2. The Labute approximate surface area is 124 Å². The molecule has 0 radical (unpaired) electrons. The number of hydrogen-bond acceptors (Lipinski definition) is 2. The van der Waals surface area contributed by atoms with Crippen molar-refractivity contribution in [2.24, 2.45) is 11.8 Å². The molecule has 3 nitrogen and oxygen atoms in total. The summed E-state index contributed by atoms with van der Waals surface area (Å²) < 4.78 is 5.82. The Morgan fingerprint density at radius 2 is 1.90 bits per heavy atom. The Morgan fingerprint density at radius 3 is 2.57 bits per heavy atom. The van der Waals surface area contributed by atoms with Crippen LogP contribution in [0.3, 0.4) is 0 Å². The van der Waals surface area contributed by atoms with E-state index in [4.69, 9.17) is 4.42 Å². The fraction of sp³-hybridized carbons (Fsp3) is 0.389. The van der Waals surface area contributed by atoms with E-state index >= 15 is 0 Å². The summed E-state index contributed by atoms with van der Waals surface area (Å²) in [6, 6.07) is 7.88. The first-order chi connectivity index (χ1) is 10.2. The van der Waals surface area contributed by atoms with Gasteiger partial charge in [0.2, 0.25) is 0 Å². The molecular formula is C18H19NO2. The molecule has 1 aromatic heterocycles. The third kappa shape index (κ3) is 2.08. The number of para-hydroxylation sites is 1. The topological polar surface area (TPSA) is 33.5 Å². The van der Waals surface area contributed by atoms with E-state index in [2.05, 4.69) is 12.2 Å². The summed E-state index contributed by atoms with van der Waals surface area (Å²) in [7, 11) is 0. The average molecular weight is 281 g/mol. The Kier molecular flexibility index (Phi) is 2.88. The summed E-state index contributed by atoms with van der Waals surface area (Å²) in [5.74, 6) is 1.78. The van der Waals surface area contributed by atoms with Crippen molar-refractivity contribution in [3.05, 3.63) is 47.7 Å². The van der Waals surface area contributed by atoms with Gasteiger partial charge in [0.15, 0.2) is 5.76 Å². The molecule has 2 atom stereocenters. The van der Waals surface area contributed by atoms with Crippen LogP contribution < -0.4 is 0 Å². The van der Waals surface area contributed by atoms with Crippen molar-refractivity contribution in [1.82, 2.24) is 4.90 Å². The van der Waals surface area contributed by atoms with Gasteiger partial charge >= 0.3 is 0 Å². The lowest BCUT2D eigenvalue weighted by molar-refractivity contribution is 0.0755. The smallest absolute Gasteiger partial charge is 0.289 e. The number of amides is 1. The molecule has 2 aliphatic rings. The Bertz CT molecular complexity index is 712. The van der Waals surface area contributed by atoms with Crippen molar-refractivity contribution in [1.29, 1.82) is 0 Å². The molecule has 2 aromatic rings. The number of benzene rings is 1. The van der Waals surface area contributed by atoms with Crippen molar-refractivity contribution in [3.63, 3.8) is 0 Å². The molecule has 2 heterocycles. The van der Waals surface area contributed by atoms with Crippen LogP contribution >= 0.6 is 0 Å². The lowest BCUT2D eigenvalue weighted by Crippen LogP contribution is -2.28. The number of rotatable bonds is 1. The summed E-state index contributed by atoms with van der Waals surface area (Å²) in [6.45, 7) is 3.74. The molecule has 1 saturated heterocycles. The van der Waals surface area contributed by atoms with E-state index in [9.17, 15) is 4.79 Å². The monoisotopic (exact) mass is 281 g/mol. The first kappa shape index (κ1) is 12.7. The minimum atomic E-state index is 0.0417. The molecular weight excluding hydrogens is 262 g/mol. The van der Waals surface area contributed by atoms with Crippen LogP contribution in [0.25, 0.3) is 11.0 Å². The Hall–Kier alpha value is -2.03. The van der Waals surface area contributed by atoms with Crippen molar-refractivity contribution < 1.29 is 9.21 Å². The zero-order chi connectivity index (χ0) is 14.4. The summed E-state index contributed by atoms with van der Waals surface area (Å²) in [5, 5.41) is 1.01. The van der Waals surface area contributed by atoms with E-state index in [0.717, 1.165) is 42.5 Å². The molecule has 21 heavy (non-hydrogen) atoms. The van der Waals surface area contributed by atoms with Gasteiger partial charge in [-0.05, 0) is 43.2 Å². The van der Waals surface area contributed by atoms with Gasteiger partial charge in [-0.15, -0.1) is 0 Å². The Morgan fingerprint density at radius 1 is 1.19 bits per heavy atom. The lowest BCUT2D eigenvalue weighted by atomic mass is 9.86. The van der Waals surface area contributed by atoms with Gasteiger partial charge in [0.1, 0.15) is 5.58 Å². The van der Waals surface area contributed by atoms with Gasteiger partial charge in [0.25, 0.3) is 5.91 Å². The number of furan rings is 1. The largest absolute Gasteiger partial charge is 0.451 e. The van der Waals surface area contributed by atoms with Gasteiger partial charge in [-0.3, -0.25) is 4.79 Å². The quantitative estimate of drug-likeness (QED) is 0.745. The van der Waals surface area contributed by atoms with Crippen LogP contribution in [0.15, 0.2) is 40.8 Å². The molecule has 0 spiro atoms. The highest BCUT2D eigenvalue weighted by atomic mass is 16.3. The predicted octanol–water partition coefficient (Wildman–Crippen LogP) is 3.78. The minimum Gasteiger partial charge on any atom is -0.451 e. The van der Waals surface area contributed by atoms with Gasteiger partial charge in [-0.2, -0.15) is 0 Å². The van der Waals surface area contributed by atoms with Crippen molar-refractivity contribution in [3.8, 4) is 0 Å². The summed E-state index contributed by atoms with van der Waals surface area (Å²) >= 11 is 0. The zero-order valence-corrected chi connectivity index (χ0v) is 12.2. The van der Waals surface area contributed by atoms with Crippen LogP contribution in [0.1, 0.15) is 29.0 Å². The molecule has 1 aliphatic carbocycles. The first-order valence-corrected chi connectivity index (χ1v) is 7.66. The lowest BCUT2D eigenvalue weighted by Gasteiger charge is -2.17. The van der Waals surface area contributed by atoms with E-state index < -0.39 is 0 Å². The van der Waals surface area contributed by atoms with Gasteiger partial charge in [0.05, 0.1) is 0 Å². The highest BCUT2D eigenvalue weighted by Crippen LogP contribution is 2.34. The molecule has 0 bridgehead atoms. The normalized spacial score (nSPS) is 24.5. The van der Waals surface area contributed by atoms with Crippen LogP contribution in [-0.2, 0) is 0 Å². The Balaban J connectivity index is 1.61. The highest BCUT2D eigenvalue weighted by molar-refractivity contribution is 5.96. The number of likely N-dealkylation sites (tertiary alicyclic amines) is 1. The molecule has 0 N–H and O–H groups in total. The van der Waals surface area contributed by atoms with Gasteiger partial charge < -0.3 is 9.32 Å². The summed E-state index contributed by atoms with van der Waals surface area (Å²) in [4.78, 5) is 14.7. The standard InChI is InChI=1S/C18H19NO2/c1-12-5-4-8-13-9-16(21-17(12)13)18(20)19-10-14-6-2-3-7-15(14)11-19/h2-5,8-9,14-15H,6-7,10-11H2,1H3/t14-,15+. The van der Waals surface area contributed by atoms with Crippen molar-refractivity contribution >= 4 is 16.9 Å². The van der Waals surface area contributed by atoms with Crippen LogP contribution in [0.2, 0.25) is 0 Å². The van der Waals surface area contributed by atoms with Crippen LogP contribution in [0, 0.1) is 18.8 Å². The number of carbonyl (C=O) groups is 1. The first-order valence-electron chi connectivity index (χ1n) is 7.66. The third-order valence-corrected chi connectivity index (χ3v) is 4.86. The molecule has 108 valence electrons. The fourth-order valence-corrected chi connectivity index (χ4v) is 3.65. The summed E-state index contributed by atoms with van der Waals surface area (Å²) in [6.07, 6.45) is 6.71. The maximum Gasteiger partial charge on any atom is 0.289 e. The maximum atomic E-state index is 12.7. The van der Waals surface area contributed by atoms with E-state index in [0.29, 0.717) is 17.6 Å². The molecule has 1 aliphatic heterocycles. The van der Waals surface area contributed by atoms with Gasteiger partial charge in [0, 0.05) is 18.5 Å². The van der Waals surface area contributed by atoms with E-state index in [1.807, 2.05) is 36.1 Å². The minimum absolute atomic E-state index is 0.0417. The molecule has 1 fully saturated rings. The summed E-state index contributed by atoms with van der Waals surface area (Å²) in [5.41, 5.74) is 1.91. The molecule has 3 heteroatoms. The molecule has 4 rings (SSSR count). The maximum absolute atomic E-state index is 12.7. The van der Waals surface area contributed by atoms with Gasteiger partial charge in [-0.1, -0.05) is 30.4 Å². The second-order valence-electron chi connectivity index (χ2n) is 6.28. The van der Waals surface area contributed by atoms with Crippen LogP contribution in [-0.4, -0.2) is 23.9 Å². The zero-order valence-electron chi connectivity index (χ0n) is 12.2. The number of nitrogens with zero attached hydrogens (tertiary/aromatic N) is 1. The third-order valence-electron chi connectivity index (χ3n) is 4.86. The van der Waals surface area contributed by atoms with E-state index in [-0.39, 0.29) is 5.91 Å².